The Morgan fingerprint density at radius 1 is 1.25 bits per heavy atom. The number of hydrazone groups is 1. The number of hydrogen-bond donors (Lipinski definition) is 2. The van der Waals surface area contributed by atoms with Crippen molar-refractivity contribution in [3.8, 4) is 6.07 Å². The average Bonchev–Trinajstić information content (AvgIpc) is 2.58. The second-order valence-corrected chi connectivity index (χ2v) is 5.43. The van der Waals surface area contributed by atoms with E-state index in [1.54, 1.807) is 24.3 Å². The van der Waals surface area contributed by atoms with Crippen LogP contribution in [0.25, 0.3) is 10.9 Å². The number of hydrogen-bond acceptors (Lipinski definition) is 5. The third-order valence-electron chi connectivity index (χ3n) is 3.62. The van der Waals surface area contributed by atoms with Crippen molar-refractivity contribution in [3.05, 3.63) is 69.8 Å². The molecule has 6 heteroatoms. The molecular weight excluding hydrogens is 302 g/mol. The van der Waals surface area contributed by atoms with Gasteiger partial charge in [-0.2, -0.15) is 10.4 Å². The van der Waals surface area contributed by atoms with E-state index in [4.69, 9.17) is 0 Å². The maximum atomic E-state index is 12.1. The predicted octanol–water partition coefficient (Wildman–Crippen LogP) is 2.88. The molecule has 2 aromatic carbocycles. The maximum Gasteiger partial charge on any atom is 0.259 e. The number of aromatic nitrogens is 2. The molecule has 6 nitrogen and oxygen atoms in total. The summed E-state index contributed by atoms with van der Waals surface area (Å²) in [6.07, 6.45) is 0. The summed E-state index contributed by atoms with van der Waals surface area (Å²) in [5.74, 6) is 0.138. The number of fused-ring (bicyclic) bond motifs is 1. The zero-order valence-electron chi connectivity index (χ0n) is 13.3. The third-order valence-corrected chi connectivity index (χ3v) is 3.62. The molecule has 0 bridgehead atoms. The van der Waals surface area contributed by atoms with Crippen molar-refractivity contribution < 1.29 is 0 Å². The van der Waals surface area contributed by atoms with E-state index in [1.807, 2.05) is 38.1 Å². The SMILES string of the molecule is Cc1ccc(C)c(N/N=C(/C#N)c2nc3ccccc3c(=O)[nH]2)c1. The number of para-hydroxylation sites is 1. The average molecular weight is 317 g/mol. The summed E-state index contributed by atoms with van der Waals surface area (Å²) in [7, 11) is 0. The highest BCUT2D eigenvalue weighted by Gasteiger charge is 2.09. The normalized spacial score (nSPS) is 11.3. The van der Waals surface area contributed by atoms with Gasteiger partial charge in [-0.05, 0) is 43.2 Å². The summed E-state index contributed by atoms with van der Waals surface area (Å²) in [4.78, 5) is 19.0. The van der Waals surface area contributed by atoms with Crippen molar-refractivity contribution >= 4 is 22.3 Å². The minimum Gasteiger partial charge on any atom is -0.304 e. The quantitative estimate of drug-likeness (QED) is 0.573. The summed E-state index contributed by atoms with van der Waals surface area (Å²) in [6, 6.07) is 14.8. The van der Waals surface area contributed by atoms with E-state index >= 15 is 0 Å². The van der Waals surface area contributed by atoms with E-state index in [1.165, 1.54) is 0 Å². The Morgan fingerprint density at radius 2 is 2.04 bits per heavy atom. The fourth-order valence-corrected chi connectivity index (χ4v) is 2.30. The van der Waals surface area contributed by atoms with Crippen LogP contribution in [-0.2, 0) is 0 Å². The number of aryl methyl sites for hydroxylation is 2. The van der Waals surface area contributed by atoms with Gasteiger partial charge >= 0.3 is 0 Å². The molecule has 1 aromatic heterocycles. The van der Waals surface area contributed by atoms with E-state index < -0.39 is 0 Å². The summed E-state index contributed by atoms with van der Waals surface area (Å²) in [5.41, 5.74) is 5.98. The highest BCUT2D eigenvalue weighted by molar-refractivity contribution is 6.10. The first kappa shape index (κ1) is 15.4. The first-order valence-corrected chi connectivity index (χ1v) is 7.39. The summed E-state index contributed by atoms with van der Waals surface area (Å²) < 4.78 is 0. The molecule has 0 spiro atoms. The van der Waals surface area contributed by atoms with Crippen molar-refractivity contribution in [1.29, 1.82) is 5.26 Å². The van der Waals surface area contributed by atoms with Gasteiger partial charge in [0.05, 0.1) is 16.6 Å². The van der Waals surface area contributed by atoms with Crippen LogP contribution in [-0.4, -0.2) is 15.7 Å². The van der Waals surface area contributed by atoms with Crippen molar-refractivity contribution in [2.24, 2.45) is 5.10 Å². The van der Waals surface area contributed by atoms with Crippen molar-refractivity contribution in [2.75, 3.05) is 5.43 Å². The minimum atomic E-state index is -0.301. The number of aromatic amines is 1. The van der Waals surface area contributed by atoms with E-state index in [-0.39, 0.29) is 17.1 Å². The van der Waals surface area contributed by atoms with E-state index in [2.05, 4.69) is 20.5 Å². The molecule has 118 valence electrons. The Hall–Kier alpha value is -3.46. The Labute approximate surface area is 138 Å². The Bertz CT molecular complexity index is 1040. The number of H-pyrrole nitrogens is 1. The number of nitrogens with zero attached hydrogens (tertiary/aromatic N) is 3. The Morgan fingerprint density at radius 3 is 2.83 bits per heavy atom. The standard InChI is InChI=1S/C18H15N5O/c1-11-7-8-12(2)15(9-11)22-23-16(10-19)17-20-14-6-4-3-5-13(14)18(24)21-17/h3-9,22H,1-2H3,(H,20,21,24)/b23-16-. The molecule has 2 N–H and O–H groups in total. The van der Waals surface area contributed by atoms with Gasteiger partial charge in [-0.25, -0.2) is 4.98 Å². The number of nitriles is 1. The van der Waals surface area contributed by atoms with Crippen molar-refractivity contribution in [2.45, 2.75) is 13.8 Å². The number of benzene rings is 2. The van der Waals surface area contributed by atoms with Gasteiger partial charge in [0.25, 0.3) is 5.56 Å². The monoisotopic (exact) mass is 317 g/mol. The van der Waals surface area contributed by atoms with Crippen LogP contribution in [0.5, 0.6) is 0 Å². The fraction of sp³-hybridized carbons (Fsp3) is 0.111. The molecule has 1 heterocycles. The molecule has 0 fully saturated rings. The van der Waals surface area contributed by atoms with E-state index in [9.17, 15) is 10.1 Å². The number of rotatable bonds is 3. The van der Waals surface area contributed by atoms with Crippen LogP contribution >= 0.6 is 0 Å². The molecule has 0 unspecified atom stereocenters. The van der Waals surface area contributed by atoms with Crippen LogP contribution in [0.15, 0.2) is 52.4 Å². The lowest BCUT2D eigenvalue weighted by molar-refractivity contribution is 1.13. The molecule has 0 aliphatic heterocycles. The van der Waals surface area contributed by atoms with Gasteiger partial charge < -0.3 is 4.98 Å². The smallest absolute Gasteiger partial charge is 0.259 e. The summed E-state index contributed by atoms with van der Waals surface area (Å²) >= 11 is 0. The molecule has 0 saturated heterocycles. The van der Waals surface area contributed by atoms with Crippen molar-refractivity contribution in [3.63, 3.8) is 0 Å². The largest absolute Gasteiger partial charge is 0.304 e. The van der Waals surface area contributed by atoms with Gasteiger partial charge in [0, 0.05) is 0 Å². The molecule has 24 heavy (non-hydrogen) atoms. The van der Waals surface area contributed by atoms with Gasteiger partial charge in [-0.1, -0.05) is 24.3 Å². The second-order valence-electron chi connectivity index (χ2n) is 5.43. The van der Waals surface area contributed by atoms with Gasteiger partial charge in [-0.15, -0.1) is 0 Å². The van der Waals surface area contributed by atoms with Crippen LogP contribution in [0.3, 0.4) is 0 Å². The Balaban J connectivity index is 2.01. The molecular formula is C18H15N5O. The van der Waals surface area contributed by atoms with Gasteiger partial charge in [0.15, 0.2) is 5.82 Å². The van der Waals surface area contributed by atoms with Crippen LogP contribution in [0.2, 0.25) is 0 Å². The van der Waals surface area contributed by atoms with Crippen LogP contribution in [0.4, 0.5) is 5.69 Å². The molecule has 0 atom stereocenters. The lowest BCUT2D eigenvalue weighted by atomic mass is 10.1. The minimum absolute atomic E-state index is 0.0127. The highest BCUT2D eigenvalue weighted by Crippen LogP contribution is 2.16. The molecule has 3 aromatic rings. The number of anilines is 1. The molecule has 0 aliphatic carbocycles. The lowest BCUT2D eigenvalue weighted by Crippen LogP contribution is -2.16. The zero-order chi connectivity index (χ0) is 17.1. The molecule has 0 aliphatic rings. The topological polar surface area (TPSA) is 93.9 Å². The Kier molecular flexibility index (Phi) is 4.08. The van der Waals surface area contributed by atoms with Crippen molar-refractivity contribution in [1.82, 2.24) is 9.97 Å². The molecule has 3 rings (SSSR count). The zero-order valence-corrected chi connectivity index (χ0v) is 13.3. The summed E-state index contributed by atoms with van der Waals surface area (Å²) in [6.45, 7) is 3.92. The lowest BCUT2D eigenvalue weighted by Gasteiger charge is -2.07. The van der Waals surface area contributed by atoms with Gasteiger partial charge in [0.1, 0.15) is 6.07 Å². The van der Waals surface area contributed by atoms with E-state index in [0.29, 0.717) is 10.9 Å². The molecule has 0 amide bonds. The highest BCUT2D eigenvalue weighted by atomic mass is 16.1. The predicted molar refractivity (Wildman–Crippen MR) is 94.1 cm³/mol. The first-order chi connectivity index (χ1) is 11.6. The van der Waals surface area contributed by atoms with Crippen LogP contribution in [0.1, 0.15) is 17.0 Å². The van der Waals surface area contributed by atoms with Crippen LogP contribution < -0.4 is 11.0 Å². The van der Waals surface area contributed by atoms with Gasteiger partial charge in [0.2, 0.25) is 5.71 Å². The third kappa shape index (κ3) is 3.01. The molecule has 0 saturated carbocycles. The van der Waals surface area contributed by atoms with Crippen LogP contribution in [0, 0.1) is 25.2 Å². The number of nitrogens with one attached hydrogen (secondary N) is 2. The van der Waals surface area contributed by atoms with Gasteiger partial charge in [-0.3, -0.25) is 10.2 Å². The van der Waals surface area contributed by atoms with E-state index in [0.717, 1.165) is 16.8 Å². The molecule has 0 radical (unpaired) electrons. The second kappa shape index (κ2) is 6.34. The first-order valence-electron chi connectivity index (χ1n) is 7.39. The fourth-order valence-electron chi connectivity index (χ4n) is 2.30. The maximum absolute atomic E-state index is 12.1. The summed E-state index contributed by atoms with van der Waals surface area (Å²) in [5, 5.41) is 13.9.